The molecule has 0 bridgehead atoms. The van der Waals surface area contributed by atoms with Crippen molar-refractivity contribution in [2.24, 2.45) is 5.73 Å². The van der Waals surface area contributed by atoms with Crippen LogP contribution in [-0.2, 0) is 17.8 Å². The van der Waals surface area contributed by atoms with Crippen LogP contribution in [0.2, 0.25) is 0 Å². The molecule has 0 spiro atoms. The van der Waals surface area contributed by atoms with Gasteiger partial charge >= 0.3 is 6.03 Å². The fraction of sp³-hybridized carbons (Fsp3) is 0.300. The fourth-order valence-corrected chi connectivity index (χ4v) is 2.94. The Hall–Kier alpha value is -2.90. The molecule has 2 aromatic carbocycles. The molecule has 3 amide bonds. The summed E-state index contributed by atoms with van der Waals surface area (Å²) in [5, 5.41) is 5.35. The van der Waals surface area contributed by atoms with Gasteiger partial charge in [0.05, 0.1) is 13.2 Å². The molecule has 0 unspecified atom stereocenters. The lowest BCUT2D eigenvalue weighted by atomic mass is 10.1. The first-order valence-corrected chi connectivity index (χ1v) is 8.93. The van der Waals surface area contributed by atoms with Crippen LogP contribution < -0.4 is 16.4 Å². The number of nitrogens with two attached hydrogens (primary N) is 1. The van der Waals surface area contributed by atoms with Gasteiger partial charge in [-0.2, -0.15) is 0 Å². The van der Waals surface area contributed by atoms with Gasteiger partial charge in [-0.05, 0) is 29.3 Å². The summed E-state index contributed by atoms with van der Waals surface area (Å²) in [5.41, 5.74) is 8.32. The van der Waals surface area contributed by atoms with Gasteiger partial charge < -0.3 is 21.1 Å². The molecule has 4 N–H and O–H groups in total. The molecular formula is C20H24N4O3. The topological polar surface area (TPSA) is 96.7 Å². The lowest BCUT2D eigenvalue weighted by Crippen LogP contribution is -2.35. The van der Waals surface area contributed by atoms with E-state index < -0.39 is 6.03 Å². The van der Waals surface area contributed by atoms with E-state index in [1.807, 2.05) is 12.1 Å². The second-order valence-electron chi connectivity index (χ2n) is 6.46. The molecule has 7 nitrogen and oxygen atoms in total. The Bertz CT molecular complexity index is 786. The number of morpholine rings is 1. The first-order valence-electron chi connectivity index (χ1n) is 8.93. The van der Waals surface area contributed by atoms with E-state index in [1.54, 1.807) is 24.3 Å². The first kappa shape index (κ1) is 18.9. The number of primary amides is 1. The van der Waals surface area contributed by atoms with E-state index in [2.05, 4.69) is 27.7 Å². The van der Waals surface area contributed by atoms with E-state index in [1.165, 1.54) is 5.56 Å². The van der Waals surface area contributed by atoms with Crippen LogP contribution in [0.15, 0.2) is 48.5 Å². The highest BCUT2D eigenvalue weighted by Gasteiger charge is 2.11. The maximum atomic E-state index is 12.3. The number of anilines is 1. The number of carbonyl (C=O) groups excluding carboxylic acids is 2. The quantitative estimate of drug-likeness (QED) is 0.726. The van der Waals surface area contributed by atoms with Crippen LogP contribution in [-0.4, -0.2) is 43.1 Å². The van der Waals surface area contributed by atoms with Gasteiger partial charge in [0.2, 0.25) is 0 Å². The third-order valence-corrected chi connectivity index (χ3v) is 4.38. The molecule has 1 fully saturated rings. The maximum absolute atomic E-state index is 12.3. The van der Waals surface area contributed by atoms with Crippen LogP contribution in [0.1, 0.15) is 21.5 Å². The van der Waals surface area contributed by atoms with E-state index in [-0.39, 0.29) is 5.91 Å². The molecule has 2 aromatic rings. The summed E-state index contributed by atoms with van der Waals surface area (Å²) in [7, 11) is 0. The van der Waals surface area contributed by atoms with Crippen molar-refractivity contribution < 1.29 is 14.3 Å². The van der Waals surface area contributed by atoms with Gasteiger partial charge in [0, 0.05) is 37.4 Å². The van der Waals surface area contributed by atoms with Crippen molar-refractivity contribution in [2.45, 2.75) is 13.1 Å². The molecule has 7 heteroatoms. The Kier molecular flexibility index (Phi) is 6.40. The average Bonchev–Trinajstić information content (AvgIpc) is 2.68. The summed E-state index contributed by atoms with van der Waals surface area (Å²) >= 11 is 0. The minimum atomic E-state index is -0.662. The van der Waals surface area contributed by atoms with Crippen molar-refractivity contribution in [3.63, 3.8) is 0 Å². The fourth-order valence-electron chi connectivity index (χ4n) is 2.94. The summed E-state index contributed by atoms with van der Waals surface area (Å²) in [5.74, 6) is -0.208. The SMILES string of the molecule is NC(=O)Nc1cccc(C(=O)NCc2ccc(CN3CCOCC3)cc2)c1. The number of hydrogen-bond donors (Lipinski definition) is 3. The highest BCUT2D eigenvalue weighted by molar-refractivity contribution is 5.96. The number of rotatable bonds is 6. The Morgan fingerprint density at radius 1 is 1.04 bits per heavy atom. The third kappa shape index (κ3) is 5.80. The molecular weight excluding hydrogens is 344 g/mol. The molecule has 142 valence electrons. The monoisotopic (exact) mass is 368 g/mol. The van der Waals surface area contributed by atoms with Crippen molar-refractivity contribution >= 4 is 17.6 Å². The van der Waals surface area contributed by atoms with Gasteiger partial charge in [0.1, 0.15) is 0 Å². The zero-order valence-electron chi connectivity index (χ0n) is 15.1. The van der Waals surface area contributed by atoms with Crippen molar-refractivity contribution in [3.8, 4) is 0 Å². The number of carbonyl (C=O) groups is 2. The standard InChI is InChI=1S/C20H24N4O3/c21-20(26)23-18-3-1-2-17(12-18)19(25)22-13-15-4-6-16(7-5-15)14-24-8-10-27-11-9-24/h1-7,12H,8-11,13-14H2,(H,22,25)(H3,21,23,26). The molecule has 27 heavy (non-hydrogen) atoms. The van der Waals surface area contributed by atoms with E-state index in [0.717, 1.165) is 38.4 Å². The van der Waals surface area contributed by atoms with Crippen LogP contribution in [0.3, 0.4) is 0 Å². The molecule has 1 heterocycles. The van der Waals surface area contributed by atoms with E-state index in [4.69, 9.17) is 10.5 Å². The average molecular weight is 368 g/mol. The maximum Gasteiger partial charge on any atom is 0.316 e. The van der Waals surface area contributed by atoms with Gasteiger partial charge in [0.25, 0.3) is 5.91 Å². The normalized spacial score (nSPS) is 14.5. The Morgan fingerprint density at radius 3 is 2.44 bits per heavy atom. The Balaban J connectivity index is 1.52. The molecule has 1 saturated heterocycles. The lowest BCUT2D eigenvalue weighted by Gasteiger charge is -2.26. The number of ether oxygens (including phenoxy) is 1. The van der Waals surface area contributed by atoms with Gasteiger partial charge in [0.15, 0.2) is 0 Å². The molecule has 1 aliphatic rings. The summed E-state index contributed by atoms with van der Waals surface area (Å²) in [6.45, 7) is 4.85. The van der Waals surface area contributed by atoms with E-state index in [0.29, 0.717) is 17.8 Å². The number of nitrogens with one attached hydrogen (secondary N) is 2. The lowest BCUT2D eigenvalue weighted by molar-refractivity contribution is 0.0342. The summed E-state index contributed by atoms with van der Waals surface area (Å²) in [6.07, 6.45) is 0. The Morgan fingerprint density at radius 2 is 1.74 bits per heavy atom. The van der Waals surface area contributed by atoms with E-state index >= 15 is 0 Å². The van der Waals surface area contributed by atoms with Crippen molar-refractivity contribution in [1.29, 1.82) is 0 Å². The van der Waals surface area contributed by atoms with E-state index in [9.17, 15) is 9.59 Å². The molecule has 0 atom stereocenters. The third-order valence-electron chi connectivity index (χ3n) is 4.38. The molecule has 0 radical (unpaired) electrons. The highest BCUT2D eigenvalue weighted by atomic mass is 16.5. The van der Waals surface area contributed by atoms with Gasteiger partial charge in [-0.25, -0.2) is 4.79 Å². The number of urea groups is 1. The smallest absolute Gasteiger partial charge is 0.316 e. The van der Waals surface area contributed by atoms with Crippen LogP contribution in [0.5, 0.6) is 0 Å². The highest BCUT2D eigenvalue weighted by Crippen LogP contribution is 2.12. The van der Waals surface area contributed by atoms with Crippen molar-refractivity contribution in [2.75, 3.05) is 31.6 Å². The minimum absolute atomic E-state index is 0.208. The van der Waals surface area contributed by atoms with Crippen LogP contribution in [0.25, 0.3) is 0 Å². The molecule has 3 rings (SSSR count). The number of hydrogen-bond acceptors (Lipinski definition) is 4. The predicted molar refractivity (Wildman–Crippen MR) is 103 cm³/mol. The number of amides is 3. The zero-order chi connectivity index (χ0) is 19.1. The van der Waals surface area contributed by atoms with Crippen molar-refractivity contribution in [1.82, 2.24) is 10.2 Å². The van der Waals surface area contributed by atoms with Gasteiger partial charge in [-0.3, -0.25) is 9.69 Å². The first-order chi connectivity index (χ1) is 13.1. The van der Waals surface area contributed by atoms with Crippen molar-refractivity contribution in [3.05, 3.63) is 65.2 Å². The minimum Gasteiger partial charge on any atom is -0.379 e. The van der Waals surface area contributed by atoms with Crippen LogP contribution >= 0.6 is 0 Å². The second-order valence-corrected chi connectivity index (χ2v) is 6.46. The summed E-state index contributed by atoms with van der Waals surface area (Å²) in [4.78, 5) is 25.6. The summed E-state index contributed by atoms with van der Waals surface area (Å²) in [6, 6.07) is 14.2. The number of benzene rings is 2. The van der Waals surface area contributed by atoms with Gasteiger partial charge in [-0.15, -0.1) is 0 Å². The zero-order valence-corrected chi connectivity index (χ0v) is 15.1. The molecule has 0 aliphatic carbocycles. The van der Waals surface area contributed by atoms with Crippen LogP contribution in [0.4, 0.5) is 10.5 Å². The van der Waals surface area contributed by atoms with Crippen LogP contribution in [0, 0.1) is 0 Å². The summed E-state index contributed by atoms with van der Waals surface area (Å²) < 4.78 is 5.36. The second kappa shape index (κ2) is 9.16. The molecule has 1 aliphatic heterocycles. The molecule has 0 aromatic heterocycles. The molecule has 0 saturated carbocycles. The largest absolute Gasteiger partial charge is 0.379 e. The van der Waals surface area contributed by atoms with Gasteiger partial charge in [-0.1, -0.05) is 30.3 Å². The number of nitrogens with zero attached hydrogens (tertiary/aromatic N) is 1. The Labute approximate surface area is 158 Å². The predicted octanol–water partition coefficient (Wildman–Crippen LogP) is 1.94.